The molecule has 0 bridgehead atoms. The Morgan fingerprint density at radius 1 is 1.33 bits per heavy atom. The van der Waals surface area contributed by atoms with Gasteiger partial charge in [-0.25, -0.2) is 0 Å². The Morgan fingerprint density at radius 2 is 2.07 bits per heavy atom. The van der Waals surface area contributed by atoms with E-state index in [-0.39, 0.29) is 6.10 Å². The fourth-order valence-electron chi connectivity index (χ4n) is 1.64. The van der Waals surface area contributed by atoms with Crippen molar-refractivity contribution < 1.29 is 5.11 Å². The van der Waals surface area contributed by atoms with Crippen LogP contribution in [0.25, 0.3) is 11.3 Å². The van der Waals surface area contributed by atoms with E-state index in [0.717, 1.165) is 16.8 Å². The second-order valence-electron chi connectivity index (χ2n) is 3.69. The lowest BCUT2D eigenvalue weighted by Crippen LogP contribution is -2.04. The van der Waals surface area contributed by atoms with E-state index in [4.69, 9.17) is 0 Å². The number of aliphatic hydroxyl groups is 1. The highest BCUT2D eigenvalue weighted by molar-refractivity contribution is 5.62. The Bertz CT molecular complexity index is 420. The topological polar surface area (TPSA) is 48.9 Å². The molecule has 1 heterocycles. The van der Waals surface area contributed by atoms with Gasteiger partial charge in [-0.1, -0.05) is 30.3 Å². The average molecular weight is 202 g/mol. The van der Waals surface area contributed by atoms with Gasteiger partial charge in [-0.3, -0.25) is 5.10 Å². The summed E-state index contributed by atoms with van der Waals surface area (Å²) in [5, 5.41) is 16.3. The Balaban J connectivity index is 2.33. The fourth-order valence-corrected chi connectivity index (χ4v) is 1.64. The van der Waals surface area contributed by atoms with Crippen molar-refractivity contribution in [1.82, 2.24) is 10.2 Å². The largest absolute Gasteiger partial charge is 0.393 e. The molecule has 0 spiro atoms. The molecule has 1 aromatic carbocycles. The summed E-state index contributed by atoms with van der Waals surface area (Å²) in [5.41, 5.74) is 3.15. The smallest absolute Gasteiger partial charge is 0.0683 e. The monoisotopic (exact) mass is 202 g/mol. The Morgan fingerprint density at radius 3 is 2.73 bits per heavy atom. The molecule has 2 N–H and O–H groups in total. The molecule has 1 aromatic heterocycles. The predicted molar refractivity (Wildman–Crippen MR) is 59.4 cm³/mol. The molecule has 78 valence electrons. The Hall–Kier alpha value is -1.61. The minimum atomic E-state index is -0.343. The Labute approximate surface area is 88.8 Å². The maximum Gasteiger partial charge on any atom is 0.0683 e. The maximum atomic E-state index is 9.35. The van der Waals surface area contributed by atoms with Crippen molar-refractivity contribution in [3.05, 3.63) is 42.1 Å². The molecule has 0 fully saturated rings. The van der Waals surface area contributed by atoms with Crippen LogP contribution in [0.15, 0.2) is 36.5 Å². The third-order valence-corrected chi connectivity index (χ3v) is 2.30. The van der Waals surface area contributed by atoms with Crippen molar-refractivity contribution in [2.75, 3.05) is 0 Å². The molecule has 0 aliphatic heterocycles. The molecule has 3 nitrogen and oxygen atoms in total. The van der Waals surface area contributed by atoms with Gasteiger partial charge in [-0.05, 0) is 12.5 Å². The summed E-state index contributed by atoms with van der Waals surface area (Å²) in [5.74, 6) is 0. The van der Waals surface area contributed by atoms with E-state index in [9.17, 15) is 5.11 Å². The van der Waals surface area contributed by atoms with Gasteiger partial charge in [-0.15, -0.1) is 0 Å². The summed E-state index contributed by atoms with van der Waals surface area (Å²) in [6.07, 6.45) is 2.06. The minimum absolute atomic E-state index is 0.343. The third-order valence-electron chi connectivity index (χ3n) is 2.30. The van der Waals surface area contributed by atoms with Crippen LogP contribution < -0.4 is 0 Å². The number of aromatic nitrogens is 2. The van der Waals surface area contributed by atoms with Gasteiger partial charge in [0.05, 0.1) is 18.0 Å². The van der Waals surface area contributed by atoms with Crippen molar-refractivity contribution >= 4 is 0 Å². The molecule has 0 unspecified atom stereocenters. The number of hydrogen-bond donors (Lipinski definition) is 2. The third kappa shape index (κ3) is 2.25. The van der Waals surface area contributed by atoms with E-state index in [1.165, 1.54) is 0 Å². The first-order chi connectivity index (χ1) is 7.27. The van der Waals surface area contributed by atoms with Crippen LogP contribution in [-0.2, 0) is 6.42 Å². The lowest BCUT2D eigenvalue weighted by molar-refractivity contribution is 0.195. The van der Waals surface area contributed by atoms with Gasteiger partial charge in [0.25, 0.3) is 0 Å². The van der Waals surface area contributed by atoms with Crippen molar-refractivity contribution in [1.29, 1.82) is 0 Å². The summed E-state index contributed by atoms with van der Waals surface area (Å²) < 4.78 is 0. The van der Waals surface area contributed by atoms with Crippen LogP contribution in [0.3, 0.4) is 0 Å². The first kappa shape index (κ1) is 9.93. The minimum Gasteiger partial charge on any atom is -0.393 e. The van der Waals surface area contributed by atoms with Gasteiger partial charge >= 0.3 is 0 Å². The summed E-state index contributed by atoms with van der Waals surface area (Å²) in [6, 6.07) is 10.0. The van der Waals surface area contributed by atoms with E-state index < -0.39 is 0 Å². The van der Waals surface area contributed by atoms with E-state index in [1.807, 2.05) is 30.3 Å². The molecule has 2 rings (SSSR count). The molecule has 0 saturated heterocycles. The highest BCUT2D eigenvalue weighted by atomic mass is 16.3. The zero-order valence-corrected chi connectivity index (χ0v) is 8.64. The lowest BCUT2D eigenvalue weighted by atomic mass is 10.0. The highest BCUT2D eigenvalue weighted by Crippen LogP contribution is 2.21. The lowest BCUT2D eigenvalue weighted by Gasteiger charge is -2.04. The van der Waals surface area contributed by atoms with Crippen molar-refractivity contribution in [3.8, 4) is 11.3 Å². The van der Waals surface area contributed by atoms with Crippen LogP contribution in [0, 0.1) is 0 Å². The number of rotatable bonds is 3. The second-order valence-corrected chi connectivity index (χ2v) is 3.69. The van der Waals surface area contributed by atoms with Crippen LogP contribution in [0.5, 0.6) is 0 Å². The van der Waals surface area contributed by atoms with Gasteiger partial charge in [-0.2, -0.15) is 5.10 Å². The molecule has 0 amide bonds. The van der Waals surface area contributed by atoms with Crippen LogP contribution in [0.1, 0.15) is 12.5 Å². The van der Waals surface area contributed by atoms with Crippen LogP contribution in [0.4, 0.5) is 0 Å². The van der Waals surface area contributed by atoms with Gasteiger partial charge in [0.15, 0.2) is 0 Å². The van der Waals surface area contributed by atoms with E-state index in [0.29, 0.717) is 6.42 Å². The number of nitrogens with one attached hydrogen (secondary N) is 1. The molecule has 15 heavy (non-hydrogen) atoms. The number of hydrogen-bond acceptors (Lipinski definition) is 2. The van der Waals surface area contributed by atoms with Gasteiger partial charge < -0.3 is 5.11 Å². The zero-order valence-electron chi connectivity index (χ0n) is 8.64. The van der Waals surface area contributed by atoms with Gasteiger partial charge in [0, 0.05) is 12.0 Å². The molecule has 3 heteroatoms. The number of H-pyrrole nitrogens is 1. The molecular weight excluding hydrogens is 188 g/mol. The van der Waals surface area contributed by atoms with Gasteiger partial charge in [0.2, 0.25) is 0 Å². The van der Waals surface area contributed by atoms with Crippen molar-refractivity contribution in [2.45, 2.75) is 19.4 Å². The van der Waals surface area contributed by atoms with E-state index >= 15 is 0 Å². The Kier molecular flexibility index (Phi) is 2.83. The molecule has 1 atom stereocenters. The normalized spacial score (nSPS) is 12.7. The van der Waals surface area contributed by atoms with Crippen LogP contribution in [-0.4, -0.2) is 21.4 Å². The number of nitrogens with zero attached hydrogens (tertiary/aromatic N) is 1. The number of aromatic amines is 1. The van der Waals surface area contributed by atoms with Crippen LogP contribution in [0.2, 0.25) is 0 Å². The number of aliphatic hydroxyl groups excluding tert-OH is 1. The quantitative estimate of drug-likeness (QED) is 0.799. The van der Waals surface area contributed by atoms with Crippen LogP contribution >= 0.6 is 0 Å². The van der Waals surface area contributed by atoms with E-state index in [1.54, 1.807) is 13.1 Å². The first-order valence-corrected chi connectivity index (χ1v) is 5.03. The molecular formula is C12H14N2O. The zero-order chi connectivity index (χ0) is 10.7. The summed E-state index contributed by atoms with van der Waals surface area (Å²) in [6.45, 7) is 1.78. The molecule has 0 aliphatic carbocycles. The summed E-state index contributed by atoms with van der Waals surface area (Å²) >= 11 is 0. The summed E-state index contributed by atoms with van der Waals surface area (Å²) in [7, 11) is 0. The molecule has 2 aromatic rings. The molecule has 0 radical (unpaired) electrons. The highest BCUT2D eigenvalue weighted by Gasteiger charge is 2.08. The van der Waals surface area contributed by atoms with E-state index in [2.05, 4.69) is 10.2 Å². The first-order valence-electron chi connectivity index (χ1n) is 5.03. The van der Waals surface area contributed by atoms with Gasteiger partial charge in [0.1, 0.15) is 0 Å². The summed E-state index contributed by atoms with van der Waals surface area (Å²) in [4.78, 5) is 0. The molecule has 0 aliphatic rings. The maximum absolute atomic E-state index is 9.35. The average Bonchev–Trinajstić information content (AvgIpc) is 2.66. The predicted octanol–water partition coefficient (Wildman–Crippen LogP) is 2.00. The standard InChI is InChI=1S/C12H14N2O/c1-9(15)7-11-8-13-14-12(11)10-5-3-2-4-6-10/h2-6,8-9,15H,7H2,1H3,(H,13,14)/t9-/m0/s1. The fraction of sp³-hybridized carbons (Fsp3) is 0.250. The molecule has 0 saturated carbocycles. The SMILES string of the molecule is C[C@H](O)Cc1cn[nH]c1-c1ccccc1. The van der Waals surface area contributed by atoms with Crippen molar-refractivity contribution in [3.63, 3.8) is 0 Å². The number of benzene rings is 1. The van der Waals surface area contributed by atoms with Crippen molar-refractivity contribution in [2.24, 2.45) is 0 Å². The second kappa shape index (κ2) is 4.28.